The van der Waals surface area contributed by atoms with Gasteiger partial charge in [-0.2, -0.15) is 0 Å². The highest BCUT2D eigenvalue weighted by atomic mass is 32.1. The summed E-state index contributed by atoms with van der Waals surface area (Å²) in [6, 6.07) is 0. The van der Waals surface area contributed by atoms with Gasteiger partial charge < -0.3 is 5.11 Å². The van der Waals surface area contributed by atoms with Gasteiger partial charge in [0.25, 0.3) is 0 Å². The van der Waals surface area contributed by atoms with Crippen LogP contribution in [0.15, 0.2) is 0 Å². The molecule has 9 heavy (non-hydrogen) atoms. The third-order valence-corrected chi connectivity index (χ3v) is 1.91. The monoisotopic (exact) mass is 144 g/mol. The zero-order valence-electron chi connectivity index (χ0n) is 5.33. The van der Waals surface area contributed by atoms with Gasteiger partial charge in [-0.05, 0) is 13.8 Å². The highest BCUT2D eigenvalue weighted by Crippen LogP contribution is 2.15. The molecule has 0 radical (unpaired) electrons. The molecule has 1 heterocycles. The molecule has 0 aliphatic rings. The molecule has 1 rings (SSSR count). The van der Waals surface area contributed by atoms with Crippen molar-refractivity contribution in [1.82, 2.24) is 10.2 Å². The van der Waals surface area contributed by atoms with Gasteiger partial charge in [0.1, 0.15) is 16.1 Å². The summed E-state index contributed by atoms with van der Waals surface area (Å²) in [5.74, 6) is 0. The van der Waals surface area contributed by atoms with Crippen molar-refractivity contribution < 1.29 is 5.11 Å². The van der Waals surface area contributed by atoms with E-state index < -0.39 is 6.10 Å². The zero-order valence-corrected chi connectivity index (χ0v) is 6.14. The number of aliphatic hydroxyl groups excluding tert-OH is 1. The highest BCUT2D eigenvalue weighted by molar-refractivity contribution is 7.11. The van der Waals surface area contributed by atoms with Crippen LogP contribution in [0.3, 0.4) is 0 Å². The average molecular weight is 144 g/mol. The van der Waals surface area contributed by atoms with E-state index >= 15 is 0 Å². The lowest BCUT2D eigenvalue weighted by Crippen LogP contribution is -1.88. The van der Waals surface area contributed by atoms with E-state index in [1.165, 1.54) is 11.3 Å². The number of aromatic nitrogens is 2. The van der Waals surface area contributed by atoms with Crippen molar-refractivity contribution in [3.63, 3.8) is 0 Å². The van der Waals surface area contributed by atoms with Gasteiger partial charge in [0, 0.05) is 0 Å². The van der Waals surface area contributed by atoms with Crippen molar-refractivity contribution in [1.29, 1.82) is 0 Å². The van der Waals surface area contributed by atoms with E-state index in [9.17, 15) is 0 Å². The van der Waals surface area contributed by atoms with Crippen molar-refractivity contribution in [3.05, 3.63) is 10.0 Å². The Hall–Kier alpha value is -0.480. The van der Waals surface area contributed by atoms with Gasteiger partial charge in [-0.25, -0.2) is 0 Å². The minimum absolute atomic E-state index is 0.476. The molecule has 4 heteroatoms. The maximum absolute atomic E-state index is 8.94. The molecule has 50 valence electrons. The number of hydrogen-bond acceptors (Lipinski definition) is 4. The Labute approximate surface area is 57.4 Å². The van der Waals surface area contributed by atoms with Gasteiger partial charge in [-0.15, -0.1) is 10.2 Å². The molecule has 0 aliphatic heterocycles. The molecule has 1 aromatic rings. The minimum Gasteiger partial charge on any atom is -0.386 e. The molecule has 3 nitrogen and oxygen atoms in total. The molecule has 0 spiro atoms. The van der Waals surface area contributed by atoms with Crippen molar-refractivity contribution in [2.24, 2.45) is 0 Å². The van der Waals surface area contributed by atoms with Crippen LogP contribution in [0.4, 0.5) is 0 Å². The van der Waals surface area contributed by atoms with E-state index in [1.807, 2.05) is 6.92 Å². The van der Waals surface area contributed by atoms with E-state index in [0.717, 1.165) is 5.01 Å². The molecule has 0 amide bonds. The van der Waals surface area contributed by atoms with Crippen LogP contribution in [0, 0.1) is 6.92 Å². The Bertz CT molecular complexity index is 197. The van der Waals surface area contributed by atoms with Gasteiger partial charge in [-0.1, -0.05) is 11.3 Å². The van der Waals surface area contributed by atoms with Gasteiger partial charge in [-0.3, -0.25) is 0 Å². The fourth-order valence-electron chi connectivity index (χ4n) is 0.481. The summed E-state index contributed by atoms with van der Waals surface area (Å²) >= 11 is 1.42. The molecule has 1 atom stereocenters. The second-order valence-corrected chi connectivity index (χ2v) is 3.05. The fourth-order valence-corrected chi connectivity index (χ4v) is 1.12. The Morgan fingerprint density at radius 2 is 2.22 bits per heavy atom. The first-order valence-corrected chi connectivity index (χ1v) is 3.50. The molecule has 0 saturated heterocycles. The molecule has 0 aromatic carbocycles. The summed E-state index contributed by atoms with van der Waals surface area (Å²) in [6.07, 6.45) is -0.476. The van der Waals surface area contributed by atoms with E-state index in [-0.39, 0.29) is 0 Å². The SMILES string of the molecule is Cc1nnc(C(C)O)s1. The van der Waals surface area contributed by atoms with Crippen LogP contribution >= 0.6 is 11.3 Å². The fraction of sp³-hybridized carbons (Fsp3) is 0.600. The average Bonchev–Trinajstić information content (AvgIpc) is 2.14. The number of nitrogens with zero attached hydrogens (tertiary/aromatic N) is 2. The normalized spacial score (nSPS) is 13.7. The van der Waals surface area contributed by atoms with Crippen molar-refractivity contribution >= 4 is 11.3 Å². The first-order valence-electron chi connectivity index (χ1n) is 2.68. The smallest absolute Gasteiger partial charge is 0.145 e. The van der Waals surface area contributed by atoms with Crippen LogP contribution in [-0.2, 0) is 0 Å². The Morgan fingerprint density at radius 1 is 1.56 bits per heavy atom. The van der Waals surface area contributed by atoms with E-state index in [4.69, 9.17) is 5.11 Å². The van der Waals surface area contributed by atoms with Gasteiger partial charge in [0.15, 0.2) is 0 Å². The van der Waals surface area contributed by atoms with Crippen LogP contribution in [0.2, 0.25) is 0 Å². The molecule has 1 aromatic heterocycles. The van der Waals surface area contributed by atoms with Gasteiger partial charge in [0.05, 0.1) is 0 Å². The molecule has 1 unspecified atom stereocenters. The molecule has 0 saturated carbocycles. The predicted octanol–water partition coefficient (Wildman–Crippen LogP) is 0.900. The summed E-state index contributed by atoms with van der Waals surface area (Å²) in [5.41, 5.74) is 0. The van der Waals surface area contributed by atoms with E-state index in [0.29, 0.717) is 5.01 Å². The van der Waals surface area contributed by atoms with Crippen LogP contribution in [0.25, 0.3) is 0 Å². The number of aryl methyl sites for hydroxylation is 1. The Balaban J connectivity index is 2.85. The Kier molecular flexibility index (Phi) is 1.78. The largest absolute Gasteiger partial charge is 0.386 e. The summed E-state index contributed by atoms with van der Waals surface area (Å²) in [5, 5.41) is 18.0. The number of rotatable bonds is 1. The van der Waals surface area contributed by atoms with Crippen molar-refractivity contribution in [3.8, 4) is 0 Å². The molecule has 0 bridgehead atoms. The number of hydrogen-bond donors (Lipinski definition) is 1. The van der Waals surface area contributed by atoms with Crippen LogP contribution < -0.4 is 0 Å². The third kappa shape index (κ3) is 1.46. The van der Waals surface area contributed by atoms with Crippen molar-refractivity contribution in [2.45, 2.75) is 20.0 Å². The first-order chi connectivity index (χ1) is 4.20. The van der Waals surface area contributed by atoms with Crippen LogP contribution in [0.1, 0.15) is 23.0 Å². The second-order valence-electron chi connectivity index (χ2n) is 1.84. The van der Waals surface area contributed by atoms with Gasteiger partial charge >= 0.3 is 0 Å². The zero-order chi connectivity index (χ0) is 6.85. The molecular formula is C5H8N2OS. The standard InChI is InChI=1S/C5H8N2OS/c1-3(8)5-7-6-4(2)9-5/h3,8H,1-2H3. The first kappa shape index (κ1) is 6.64. The highest BCUT2D eigenvalue weighted by Gasteiger charge is 2.04. The Morgan fingerprint density at radius 3 is 2.44 bits per heavy atom. The summed E-state index contributed by atoms with van der Waals surface area (Å²) in [7, 11) is 0. The van der Waals surface area contributed by atoms with Crippen molar-refractivity contribution in [2.75, 3.05) is 0 Å². The summed E-state index contributed by atoms with van der Waals surface area (Å²) in [6.45, 7) is 3.55. The molecular weight excluding hydrogens is 136 g/mol. The lowest BCUT2D eigenvalue weighted by Gasteiger charge is -1.92. The van der Waals surface area contributed by atoms with Crippen LogP contribution in [-0.4, -0.2) is 15.3 Å². The topological polar surface area (TPSA) is 46.0 Å². The molecule has 0 aliphatic carbocycles. The van der Waals surface area contributed by atoms with E-state index in [1.54, 1.807) is 6.92 Å². The lowest BCUT2D eigenvalue weighted by atomic mass is 10.4. The second kappa shape index (κ2) is 2.41. The van der Waals surface area contributed by atoms with E-state index in [2.05, 4.69) is 10.2 Å². The maximum Gasteiger partial charge on any atom is 0.145 e. The quantitative estimate of drug-likeness (QED) is 0.637. The third-order valence-electron chi connectivity index (χ3n) is 0.899. The predicted molar refractivity (Wildman–Crippen MR) is 35.3 cm³/mol. The lowest BCUT2D eigenvalue weighted by molar-refractivity contribution is 0.198. The summed E-state index contributed by atoms with van der Waals surface area (Å²) < 4.78 is 0. The molecule has 1 N–H and O–H groups in total. The van der Waals surface area contributed by atoms with Crippen LogP contribution in [0.5, 0.6) is 0 Å². The van der Waals surface area contributed by atoms with Gasteiger partial charge in [0.2, 0.25) is 0 Å². The molecule has 0 fully saturated rings. The minimum atomic E-state index is -0.476. The number of aliphatic hydroxyl groups is 1. The maximum atomic E-state index is 8.94. The summed E-state index contributed by atoms with van der Waals surface area (Å²) in [4.78, 5) is 0.